The SMILES string of the molecule is CCc1cc(N)ccc1-n1cnnc1. The van der Waals surface area contributed by atoms with E-state index in [-0.39, 0.29) is 0 Å². The van der Waals surface area contributed by atoms with Gasteiger partial charge in [0.05, 0.1) is 5.69 Å². The fourth-order valence-electron chi connectivity index (χ4n) is 1.47. The lowest BCUT2D eigenvalue weighted by atomic mass is 10.1. The Labute approximate surface area is 82.4 Å². The fourth-order valence-corrected chi connectivity index (χ4v) is 1.47. The maximum Gasteiger partial charge on any atom is 0.123 e. The first-order valence-electron chi connectivity index (χ1n) is 4.54. The van der Waals surface area contributed by atoms with Gasteiger partial charge in [0.1, 0.15) is 12.7 Å². The largest absolute Gasteiger partial charge is 0.399 e. The molecular weight excluding hydrogens is 176 g/mol. The second kappa shape index (κ2) is 3.49. The van der Waals surface area contributed by atoms with Crippen LogP contribution in [0.5, 0.6) is 0 Å². The summed E-state index contributed by atoms with van der Waals surface area (Å²) in [5.41, 5.74) is 8.79. The third kappa shape index (κ3) is 1.46. The van der Waals surface area contributed by atoms with Gasteiger partial charge in [0.25, 0.3) is 0 Å². The summed E-state index contributed by atoms with van der Waals surface area (Å²) in [6.07, 6.45) is 4.31. The van der Waals surface area contributed by atoms with Crippen molar-refractivity contribution in [1.29, 1.82) is 0 Å². The van der Waals surface area contributed by atoms with Crippen LogP contribution in [-0.4, -0.2) is 14.8 Å². The molecule has 0 fully saturated rings. The highest BCUT2D eigenvalue weighted by atomic mass is 15.2. The third-order valence-electron chi connectivity index (χ3n) is 2.18. The zero-order valence-corrected chi connectivity index (χ0v) is 8.01. The van der Waals surface area contributed by atoms with Crippen LogP contribution in [0.4, 0.5) is 5.69 Å². The molecule has 72 valence electrons. The molecule has 0 atom stereocenters. The van der Waals surface area contributed by atoms with Gasteiger partial charge in [-0.2, -0.15) is 0 Å². The lowest BCUT2D eigenvalue weighted by Crippen LogP contribution is -1.98. The minimum Gasteiger partial charge on any atom is -0.399 e. The number of anilines is 1. The van der Waals surface area contributed by atoms with Gasteiger partial charge in [0.2, 0.25) is 0 Å². The first kappa shape index (κ1) is 8.74. The predicted octanol–water partition coefficient (Wildman–Crippen LogP) is 1.41. The van der Waals surface area contributed by atoms with Crippen molar-refractivity contribution in [2.75, 3.05) is 5.73 Å². The third-order valence-corrected chi connectivity index (χ3v) is 2.18. The lowest BCUT2D eigenvalue weighted by Gasteiger charge is -2.08. The van der Waals surface area contributed by atoms with Gasteiger partial charge in [-0.1, -0.05) is 6.92 Å². The van der Waals surface area contributed by atoms with Gasteiger partial charge >= 0.3 is 0 Å². The summed E-state index contributed by atoms with van der Waals surface area (Å²) in [5.74, 6) is 0. The Morgan fingerprint density at radius 1 is 1.29 bits per heavy atom. The smallest absolute Gasteiger partial charge is 0.123 e. The molecule has 4 nitrogen and oxygen atoms in total. The molecule has 2 rings (SSSR count). The molecule has 0 spiro atoms. The van der Waals surface area contributed by atoms with Crippen LogP contribution < -0.4 is 5.73 Å². The van der Waals surface area contributed by atoms with Gasteiger partial charge < -0.3 is 5.73 Å². The van der Waals surface area contributed by atoms with E-state index in [0.717, 1.165) is 17.8 Å². The number of nitrogen functional groups attached to an aromatic ring is 1. The average molecular weight is 188 g/mol. The molecule has 1 aromatic heterocycles. The number of aryl methyl sites for hydroxylation is 1. The molecule has 0 aliphatic heterocycles. The van der Waals surface area contributed by atoms with E-state index in [1.165, 1.54) is 5.56 Å². The van der Waals surface area contributed by atoms with Gasteiger partial charge in [-0.15, -0.1) is 10.2 Å². The lowest BCUT2D eigenvalue weighted by molar-refractivity contribution is 1.00. The van der Waals surface area contributed by atoms with Gasteiger partial charge in [-0.25, -0.2) is 0 Å². The van der Waals surface area contributed by atoms with Crippen LogP contribution >= 0.6 is 0 Å². The van der Waals surface area contributed by atoms with Crippen molar-refractivity contribution in [3.05, 3.63) is 36.4 Å². The molecule has 14 heavy (non-hydrogen) atoms. The number of nitrogens with two attached hydrogens (primary N) is 1. The fraction of sp³-hybridized carbons (Fsp3) is 0.200. The number of benzene rings is 1. The summed E-state index contributed by atoms with van der Waals surface area (Å²) in [7, 11) is 0. The van der Waals surface area contributed by atoms with E-state index in [4.69, 9.17) is 5.73 Å². The highest BCUT2D eigenvalue weighted by molar-refractivity contribution is 5.51. The van der Waals surface area contributed by atoms with Gasteiger partial charge in [0.15, 0.2) is 0 Å². The second-order valence-corrected chi connectivity index (χ2v) is 3.11. The van der Waals surface area contributed by atoms with Gasteiger partial charge in [-0.3, -0.25) is 4.57 Å². The monoisotopic (exact) mass is 188 g/mol. The van der Waals surface area contributed by atoms with Crippen LogP contribution in [0.1, 0.15) is 12.5 Å². The number of hydrogen-bond acceptors (Lipinski definition) is 3. The maximum absolute atomic E-state index is 5.72. The summed E-state index contributed by atoms with van der Waals surface area (Å²) in [6.45, 7) is 2.10. The quantitative estimate of drug-likeness (QED) is 0.725. The molecule has 0 radical (unpaired) electrons. The van der Waals surface area contributed by atoms with Crippen LogP contribution in [0.2, 0.25) is 0 Å². The summed E-state index contributed by atoms with van der Waals surface area (Å²) < 4.78 is 1.89. The molecule has 0 unspecified atom stereocenters. The molecule has 2 N–H and O–H groups in total. The molecule has 0 saturated carbocycles. The topological polar surface area (TPSA) is 56.7 Å². The van der Waals surface area contributed by atoms with E-state index < -0.39 is 0 Å². The molecule has 1 aromatic carbocycles. The van der Waals surface area contributed by atoms with Crippen LogP contribution in [-0.2, 0) is 6.42 Å². The van der Waals surface area contributed by atoms with Crippen LogP contribution in [0.15, 0.2) is 30.9 Å². The van der Waals surface area contributed by atoms with Crippen molar-refractivity contribution < 1.29 is 0 Å². The van der Waals surface area contributed by atoms with Crippen LogP contribution in [0, 0.1) is 0 Å². The molecule has 0 aliphatic rings. The Morgan fingerprint density at radius 3 is 2.64 bits per heavy atom. The van der Waals surface area contributed by atoms with E-state index >= 15 is 0 Å². The highest BCUT2D eigenvalue weighted by Gasteiger charge is 2.02. The number of nitrogens with zero attached hydrogens (tertiary/aromatic N) is 3. The molecule has 0 aliphatic carbocycles. The first-order chi connectivity index (χ1) is 6.81. The van der Waals surface area contributed by atoms with Crippen molar-refractivity contribution in [2.45, 2.75) is 13.3 Å². The van der Waals surface area contributed by atoms with Crippen molar-refractivity contribution in [3.8, 4) is 5.69 Å². The standard InChI is InChI=1S/C10H12N4/c1-2-8-5-9(11)3-4-10(8)14-6-12-13-7-14/h3-7H,2,11H2,1H3. The van der Waals surface area contributed by atoms with Crippen molar-refractivity contribution in [2.24, 2.45) is 0 Å². The summed E-state index contributed by atoms with van der Waals surface area (Å²) in [6, 6.07) is 5.85. The minimum absolute atomic E-state index is 0.790. The van der Waals surface area contributed by atoms with E-state index in [1.54, 1.807) is 12.7 Å². The molecule has 2 aromatic rings. The highest BCUT2D eigenvalue weighted by Crippen LogP contribution is 2.17. The predicted molar refractivity (Wildman–Crippen MR) is 55.1 cm³/mol. The molecule has 0 saturated heterocycles. The van der Waals surface area contributed by atoms with Gasteiger partial charge in [0, 0.05) is 5.69 Å². The maximum atomic E-state index is 5.72. The zero-order valence-electron chi connectivity index (χ0n) is 8.01. The average Bonchev–Trinajstić information content (AvgIpc) is 2.70. The van der Waals surface area contributed by atoms with Gasteiger partial charge in [-0.05, 0) is 30.2 Å². The number of hydrogen-bond donors (Lipinski definition) is 1. The molecule has 4 heteroatoms. The minimum atomic E-state index is 0.790. The molecular formula is C10H12N4. The summed E-state index contributed by atoms with van der Waals surface area (Å²) in [4.78, 5) is 0. The van der Waals surface area contributed by atoms with Crippen molar-refractivity contribution in [3.63, 3.8) is 0 Å². The van der Waals surface area contributed by atoms with E-state index in [9.17, 15) is 0 Å². The Morgan fingerprint density at radius 2 is 2.00 bits per heavy atom. The van der Waals surface area contributed by atoms with E-state index in [2.05, 4.69) is 17.1 Å². The van der Waals surface area contributed by atoms with E-state index in [1.807, 2.05) is 22.8 Å². The van der Waals surface area contributed by atoms with Crippen molar-refractivity contribution in [1.82, 2.24) is 14.8 Å². The van der Waals surface area contributed by atoms with Crippen LogP contribution in [0.3, 0.4) is 0 Å². The molecule has 1 heterocycles. The zero-order chi connectivity index (χ0) is 9.97. The van der Waals surface area contributed by atoms with Crippen LogP contribution in [0.25, 0.3) is 5.69 Å². The number of aromatic nitrogens is 3. The van der Waals surface area contributed by atoms with E-state index in [0.29, 0.717) is 0 Å². The summed E-state index contributed by atoms with van der Waals surface area (Å²) in [5, 5.41) is 7.56. The summed E-state index contributed by atoms with van der Waals surface area (Å²) >= 11 is 0. The number of rotatable bonds is 2. The van der Waals surface area contributed by atoms with Crippen molar-refractivity contribution >= 4 is 5.69 Å². The first-order valence-corrected chi connectivity index (χ1v) is 4.54. The molecule has 0 amide bonds. The Kier molecular flexibility index (Phi) is 2.18. The Bertz CT molecular complexity index is 420. The molecule has 0 bridgehead atoms. The Balaban J connectivity index is 2.53. The Hall–Kier alpha value is -1.84. The second-order valence-electron chi connectivity index (χ2n) is 3.11. The normalized spacial score (nSPS) is 10.4.